The molecule has 2 unspecified atom stereocenters. The molecule has 0 spiro atoms. The topological polar surface area (TPSA) is 51.2 Å². The van der Waals surface area contributed by atoms with E-state index in [4.69, 9.17) is 4.74 Å². The lowest BCUT2D eigenvalue weighted by atomic mass is 9.70. The standard InChI is InChI=1S/C25H22N2O2/c1-29-19-11-8-17(9-12-19)23-22(18-6-4-14-26-15-18)21-13-10-16-5-2-3-7-20(16)24(21)27-25(23)28/h2-9,11-12,14-15,22-23H,10,13H2,1H3,(H,27,28). The Labute approximate surface area is 170 Å². The molecular formula is C25H22N2O2. The number of hydrogen-bond acceptors (Lipinski definition) is 3. The number of nitrogens with zero attached hydrogens (tertiary/aromatic N) is 1. The van der Waals surface area contributed by atoms with Crippen LogP contribution >= 0.6 is 0 Å². The van der Waals surface area contributed by atoms with Crippen molar-refractivity contribution in [2.75, 3.05) is 7.11 Å². The van der Waals surface area contributed by atoms with Crippen molar-refractivity contribution in [1.29, 1.82) is 0 Å². The van der Waals surface area contributed by atoms with E-state index in [0.29, 0.717) is 0 Å². The molecule has 1 aliphatic carbocycles. The van der Waals surface area contributed by atoms with E-state index < -0.39 is 0 Å². The first kappa shape index (κ1) is 17.7. The molecule has 2 atom stereocenters. The monoisotopic (exact) mass is 382 g/mol. The van der Waals surface area contributed by atoms with Crippen molar-refractivity contribution < 1.29 is 9.53 Å². The van der Waals surface area contributed by atoms with Crippen LogP contribution in [0.4, 0.5) is 0 Å². The number of methoxy groups -OCH3 is 1. The summed E-state index contributed by atoms with van der Waals surface area (Å²) in [5, 5.41) is 3.24. The van der Waals surface area contributed by atoms with Gasteiger partial charge in [0.25, 0.3) is 0 Å². The second-order valence-electron chi connectivity index (χ2n) is 7.56. The number of nitrogens with one attached hydrogen (secondary N) is 1. The number of amides is 1. The van der Waals surface area contributed by atoms with Crippen LogP contribution in [0.1, 0.15) is 40.5 Å². The van der Waals surface area contributed by atoms with Gasteiger partial charge in [-0.15, -0.1) is 0 Å². The second-order valence-corrected chi connectivity index (χ2v) is 7.56. The van der Waals surface area contributed by atoms with Gasteiger partial charge in [0, 0.05) is 29.6 Å². The smallest absolute Gasteiger partial charge is 0.232 e. The van der Waals surface area contributed by atoms with E-state index in [-0.39, 0.29) is 17.7 Å². The molecule has 0 radical (unpaired) electrons. The maximum Gasteiger partial charge on any atom is 0.232 e. The fraction of sp³-hybridized carbons (Fsp3) is 0.200. The van der Waals surface area contributed by atoms with Gasteiger partial charge >= 0.3 is 0 Å². The SMILES string of the molecule is COc1ccc(C2C(=O)NC3=C(CCc4ccccc43)C2c2cccnc2)cc1. The second kappa shape index (κ2) is 7.21. The summed E-state index contributed by atoms with van der Waals surface area (Å²) in [6, 6.07) is 20.2. The maximum absolute atomic E-state index is 13.4. The number of aryl methyl sites for hydroxylation is 1. The molecule has 144 valence electrons. The Morgan fingerprint density at radius 1 is 0.931 bits per heavy atom. The first-order valence-corrected chi connectivity index (χ1v) is 9.92. The van der Waals surface area contributed by atoms with Gasteiger partial charge in [0.15, 0.2) is 0 Å². The Morgan fingerprint density at radius 2 is 1.76 bits per heavy atom. The van der Waals surface area contributed by atoms with E-state index in [9.17, 15) is 4.79 Å². The molecule has 4 nitrogen and oxygen atoms in total. The van der Waals surface area contributed by atoms with Crippen LogP contribution in [0.2, 0.25) is 0 Å². The number of carbonyl (C=O) groups is 1. The van der Waals surface area contributed by atoms with Gasteiger partial charge in [0.1, 0.15) is 5.75 Å². The molecule has 0 saturated carbocycles. The fourth-order valence-corrected chi connectivity index (χ4v) is 4.67. The molecule has 1 amide bonds. The van der Waals surface area contributed by atoms with Crippen LogP contribution in [0.3, 0.4) is 0 Å². The quantitative estimate of drug-likeness (QED) is 0.728. The fourth-order valence-electron chi connectivity index (χ4n) is 4.67. The van der Waals surface area contributed by atoms with E-state index in [1.165, 1.54) is 11.1 Å². The highest BCUT2D eigenvalue weighted by atomic mass is 16.5. The maximum atomic E-state index is 13.4. The predicted octanol–water partition coefficient (Wildman–Crippen LogP) is 4.44. The molecule has 2 heterocycles. The lowest BCUT2D eigenvalue weighted by Gasteiger charge is -2.38. The van der Waals surface area contributed by atoms with Crippen LogP contribution in [0.25, 0.3) is 5.70 Å². The van der Waals surface area contributed by atoms with Gasteiger partial charge in [-0.1, -0.05) is 42.5 Å². The molecule has 4 heteroatoms. The molecular weight excluding hydrogens is 360 g/mol. The van der Waals surface area contributed by atoms with Gasteiger partial charge in [0.2, 0.25) is 5.91 Å². The first-order chi connectivity index (χ1) is 14.3. The van der Waals surface area contributed by atoms with Crippen molar-refractivity contribution in [3.05, 3.63) is 101 Å². The highest BCUT2D eigenvalue weighted by Crippen LogP contribution is 2.48. The van der Waals surface area contributed by atoms with Gasteiger partial charge in [-0.3, -0.25) is 9.78 Å². The third-order valence-corrected chi connectivity index (χ3v) is 6.03. The summed E-state index contributed by atoms with van der Waals surface area (Å²) < 4.78 is 5.30. The normalized spacial score (nSPS) is 20.5. The van der Waals surface area contributed by atoms with Gasteiger partial charge in [-0.05, 0) is 53.3 Å². The van der Waals surface area contributed by atoms with Crippen LogP contribution in [0, 0.1) is 0 Å². The molecule has 5 rings (SSSR count). The van der Waals surface area contributed by atoms with E-state index in [1.54, 1.807) is 13.3 Å². The number of pyridine rings is 1. The average Bonchev–Trinajstić information content (AvgIpc) is 2.79. The number of ether oxygens (including phenoxy) is 1. The van der Waals surface area contributed by atoms with Crippen molar-refractivity contribution in [2.45, 2.75) is 24.7 Å². The lowest BCUT2D eigenvalue weighted by Crippen LogP contribution is -2.39. The number of allylic oxidation sites excluding steroid dienone is 1. The zero-order chi connectivity index (χ0) is 19.8. The molecule has 2 aliphatic rings. The average molecular weight is 382 g/mol. The summed E-state index contributed by atoms with van der Waals surface area (Å²) in [6.45, 7) is 0. The zero-order valence-electron chi connectivity index (χ0n) is 16.3. The van der Waals surface area contributed by atoms with Crippen molar-refractivity contribution in [3.63, 3.8) is 0 Å². The van der Waals surface area contributed by atoms with Crippen molar-refractivity contribution >= 4 is 11.6 Å². The Kier molecular flexibility index (Phi) is 4.39. The van der Waals surface area contributed by atoms with E-state index in [2.05, 4.69) is 34.6 Å². The molecule has 1 N–H and O–H groups in total. The number of hydrogen-bond donors (Lipinski definition) is 1. The summed E-state index contributed by atoms with van der Waals surface area (Å²) in [6.07, 6.45) is 5.58. The lowest BCUT2D eigenvalue weighted by molar-refractivity contribution is -0.122. The number of carbonyl (C=O) groups excluding carboxylic acids is 1. The minimum Gasteiger partial charge on any atom is -0.497 e. The molecule has 0 fully saturated rings. The molecule has 2 aromatic carbocycles. The number of aromatic nitrogens is 1. The summed E-state index contributed by atoms with van der Waals surface area (Å²) in [5.41, 5.74) is 6.77. The summed E-state index contributed by atoms with van der Waals surface area (Å²) in [7, 11) is 1.65. The minimum atomic E-state index is -0.297. The molecule has 0 bridgehead atoms. The summed E-state index contributed by atoms with van der Waals surface area (Å²) in [5.74, 6) is 0.484. The zero-order valence-corrected chi connectivity index (χ0v) is 16.3. The van der Waals surface area contributed by atoms with Crippen LogP contribution in [0.5, 0.6) is 5.75 Å². The molecule has 1 aliphatic heterocycles. The Balaban J connectivity index is 1.68. The third kappa shape index (κ3) is 3.01. The van der Waals surface area contributed by atoms with Crippen molar-refractivity contribution in [1.82, 2.24) is 10.3 Å². The van der Waals surface area contributed by atoms with Gasteiger partial charge in [0.05, 0.1) is 13.0 Å². The van der Waals surface area contributed by atoms with Crippen LogP contribution in [-0.2, 0) is 11.2 Å². The van der Waals surface area contributed by atoms with Crippen molar-refractivity contribution in [2.24, 2.45) is 0 Å². The van der Waals surface area contributed by atoms with Crippen LogP contribution in [-0.4, -0.2) is 18.0 Å². The number of benzene rings is 2. The molecule has 0 saturated heterocycles. The predicted molar refractivity (Wildman–Crippen MR) is 113 cm³/mol. The summed E-state index contributed by atoms with van der Waals surface area (Å²) in [4.78, 5) is 17.7. The number of rotatable bonds is 3. The van der Waals surface area contributed by atoms with Crippen LogP contribution < -0.4 is 10.1 Å². The highest BCUT2D eigenvalue weighted by Gasteiger charge is 2.41. The van der Waals surface area contributed by atoms with E-state index >= 15 is 0 Å². The van der Waals surface area contributed by atoms with Gasteiger partial charge < -0.3 is 10.1 Å². The Bertz CT molecular complexity index is 1090. The Hall–Kier alpha value is -3.40. The van der Waals surface area contributed by atoms with Crippen LogP contribution in [0.15, 0.2) is 78.6 Å². The molecule has 29 heavy (non-hydrogen) atoms. The van der Waals surface area contributed by atoms with E-state index in [1.807, 2.05) is 42.6 Å². The van der Waals surface area contributed by atoms with Gasteiger partial charge in [-0.2, -0.15) is 0 Å². The highest BCUT2D eigenvalue weighted by molar-refractivity contribution is 5.97. The molecule has 3 aromatic rings. The molecule has 1 aromatic heterocycles. The first-order valence-electron chi connectivity index (χ1n) is 9.92. The Morgan fingerprint density at radius 3 is 2.52 bits per heavy atom. The van der Waals surface area contributed by atoms with Crippen molar-refractivity contribution in [3.8, 4) is 5.75 Å². The largest absolute Gasteiger partial charge is 0.497 e. The minimum absolute atomic E-state index is 0.0273. The van der Waals surface area contributed by atoms with E-state index in [0.717, 1.165) is 41.0 Å². The van der Waals surface area contributed by atoms with Gasteiger partial charge in [-0.25, -0.2) is 0 Å². The summed E-state index contributed by atoms with van der Waals surface area (Å²) >= 11 is 0. The number of fused-ring (bicyclic) bond motifs is 2. The third-order valence-electron chi connectivity index (χ3n) is 6.03.